The molecular formula is C30H35FO7. The van der Waals surface area contributed by atoms with Crippen LogP contribution in [0.1, 0.15) is 42.2 Å². The highest BCUT2D eigenvalue weighted by atomic mass is 19.1. The minimum Gasteiger partial charge on any atom is -0.493 e. The summed E-state index contributed by atoms with van der Waals surface area (Å²) in [6, 6.07) is 10.0. The van der Waals surface area contributed by atoms with Crippen LogP contribution in [0.5, 0.6) is 28.7 Å². The predicted octanol–water partition coefficient (Wildman–Crippen LogP) is 5.51. The van der Waals surface area contributed by atoms with Crippen LogP contribution in [0.25, 0.3) is 11.1 Å². The van der Waals surface area contributed by atoms with Crippen molar-refractivity contribution in [2.24, 2.45) is 0 Å². The van der Waals surface area contributed by atoms with E-state index in [4.69, 9.17) is 28.4 Å². The number of ether oxygens (including phenoxy) is 6. The van der Waals surface area contributed by atoms with Crippen molar-refractivity contribution in [1.29, 1.82) is 0 Å². The van der Waals surface area contributed by atoms with Gasteiger partial charge in [-0.15, -0.1) is 0 Å². The Morgan fingerprint density at radius 1 is 0.895 bits per heavy atom. The van der Waals surface area contributed by atoms with E-state index < -0.39 is 12.2 Å². The van der Waals surface area contributed by atoms with Crippen LogP contribution in [0.4, 0.5) is 4.39 Å². The lowest BCUT2D eigenvalue weighted by atomic mass is 9.82. The Labute approximate surface area is 223 Å². The number of hydrogen-bond acceptors (Lipinski definition) is 7. The molecule has 1 aliphatic rings. The monoisotopic (exact) mass is 526 g/mol. The van der Waals surface area contributed by atoms with Gasteiger partial charge in [0.25, 0.3) is 0 Å². The number of hydrogen-bond donors (Lipinski definition) is 1. The van der Waals surface area contributed by atoms with Gasteiger partial charge in [0, 0.05) is 11.1 Å². The fraction of sp³-hybridized carbons (Fsp3) is 0.400. The van der Waals surface area contributed by atoms with E-state index in [9.17, 15) is 9.50 Å². The van der Waals surface area contributed by atoms with Crippen molar-refractivity contribution in [2.75, 3.05) is 35.5 Å². The van der Waals surface area contributed by atoms with Gasteiger partial charge in [-0.1, -0.05) is 12.1 Å². The molecule has 7 nitrogen and oxygen atoms in total. The molecule has 1 N–H and O–H groups in total. The zero-order valence-corrected chi connectivity index (χ0v) is 22.9. The van der Waals surface area contributed by atoms with E-state index in [1.165, 1.54) is 12.1 Å². The standard InChI is InChI=1S/C30H35FO7/c1-16(32)12-19-14-23(33-3)24(34-4)15-21(19)25-22-13-17(2)38-27(18-8-10-20(31)11-9-18)26(22)29(36-6)30(37-7)28(25)35-5/h8-11,14-17,27,32H,12-13H2,1-7H3/t16-,17-,27+/m0/s1. The third-order valence-electron chi connectivity index (χ3n) is 6.81. The molecule has 0 radical (unpaired) electrons. The molecule has 0 aliphatic carbocycles. The summed E-state index contributed by atoms with van der Waals surface area (Å²) in [7, 11) is 7.88. The Morgan fingerprint density at radius 3 is 2.05 bits per heavy atom. The van der Waals surface area contributed by atoms with Crippen molar-refractivity contribution in [3.8, 4) is 39.9 Å². The highest BCUT2D eigenvalue weighted by Crippen LogP contribution is 2.56. The molecule has 3 atom stereocenters. The maximum Gasteiger partial charge on any atom is 0.204 e. The van der Waals surface area contributed by atoms with Gasteiger partial charge in [0.15, 0.2) is 23.0 Å². The molecule has 0 saturated heterocycles. The van der Waals surface area contributed by atoms with Crippen LogP contribution in [0.3, 0.4) is 0 Å². The minimum atomic E-state index is -0.608. The first-order valence-corrected chi connectivity index (χ1v) is 12.5. The van der Waals surface area contributed by atoms with E-state index in [1.54, 1.807) is 54.6 Å². The van der Waals surface area contributed by atoms with Gasteiger partial charge in [-0.2, -0.15) is 0 Å². The summed E-state index contributed by atoms with van der Waals surface area (Å²) >= 11 is 0. The molecule has 38 heavy (non-hydrogen) atoms. The highest BCUT2D eigenvalue weighted by molar-refractivity contribution is 5.85. The molecule has 4 rings (SSSR count). The summed E-state index contributed by atoms with van der Waals surface area (Å²) in [4.78, 5) is 0. The smallest absolute Gasteiger partial charge is 0.204 e. The molecule has 1 aliphatic heterocycles. The molecule has 0 fully saturated rings. The van der Waals surface area contributed by atoms with Gasteiger partial charge < -0.3 is 33.5 Å². The van der Waals surface area contributed by atoms with Crippen LogP contribution < -0.4 is 23.7 Å². The minimum absolute atomic E-state index is 0.167. The molecule has 0 aromatic heterocycles. The second kappa shape index (κ2) is 11.5. The van der Waals surface area contributed by atoms with Gasteiger partial charge in [0.1, 0.15) is 11.9 Å². The number of methoxy groups -OCH3 is 5. The van der Waals surface area contributed by atoms with Gasteiger partial charge in [-0.05, 0) is 73.2 Å². The van der Waals surface area contributed by atoms with Crippen LogP contribution in [-0.2, 0) is 17.6 Å². The van der Waals surface area contributed by atoms with Crippen LogP contribution in [-0.4, -0.2) is 52.9 Å². The van der Waals surface area contributed by atoms with Crippen LogP contribution in [0.15, 0.2) is 36.4 Å². The quantitative estimate of drug-likeness (QED) is 0.394. The number of fused-ring (bicyclic) bond motifs is 1. The van der Waals surface area contributed by atoms with E-state index in [-0.39, 0.29) is 11.9 Å². The summed E-state index contributed by atoms with van der Waals surface area (Å²) in [6.07, 6.45) is -0.387. The first-order chi connectivity index (χ1) is 18.3. The average Bonchev–Trinajstić information content (AvgIpc) is 2.91. The molecular weight excluding hydrogens is 491 g/mol. The number of rotatable bonds is 9. The zero-order chi connectivity index (χ0) is 27.6. The number of benzene rings is 3. The summed E-state index contributed by atoms with van der Waals surface area (Å²) in [5.41, 5.74) is 4.97. The molecule has 3 aromatic rings. The Bertz CT molecular complexity index is 1290. The molecule has 0 saturated carbocycles. The van der Waals surface area contributed by atoms with Crippen molar-refractivity contribution >= 4 is 0 Å². The lowest BCUT2D eigenvalue weighted by molar-refractivity contribution is 0.00573. The maximum atomic E-state index is 13.8. The van der Waals surface area contributed by atoms with Crippen LogP contribution in [0.2, 0.25) is 0 Å². The largest absolute Gasteiger partial charge is 0.493 e. The Morgan fingerprint density at radius 2 is 1.50 bits per heavy atom. The highest BCUT2D eigenvalue weighted by Gasteiger charge is 2.37. The predicted molar refractivity (Wildman–Crippen MR) is 143 cm³/mol. The summed E-state index contributed by atoms with van der Waals surface area (Å²) in [5.74, 6) is 2.16. The lowest BCUT2D eigenvalue weighted by Gasteiger charge is -2.35. The number of aliphatic hydroxyl groups is 1. The summed E-state index contributed by atoms with van der Waals surface area (Å²) < 4.78 is 49.2. The van der Waals surface area contributed by atoms with E-state index >= 15 is 0 Å². The molecule has 8 heteroatoms. The van der Waals surface area contributed by atoms with Crippen molar-refractivity contribution in [3.63, 3.8) is 0 Å². The first-order valence-electron chi connectivity index (χ1n) is 12.5. The molecule has 3 aromatic carbocycles. The third kappa shape index (κ3) is 4.98. The zero-order valence-electron chi connectivity index (χ0n) is 22.9. The van der Waals surface area contributed by atoms with Gasteiger partial charge in [-0.3, -0.25) is 0 Å². The number of halogens is 1. The van der Waals surface area contributed by atoms with E-state index in [2.05, 4.69) is 0 Å². The molecule has 1 heterocycles. The van der Waals surface area contributed by atoms with Gasteiger partial charge in [0.2, 0.25) is 5.75 Å². The van der Waals surface area contributed by atoms with Crippen molar-refractivity contribution < 1.29 is 37.9 Å². The molecule has 0 unspecified atom stereocenters. The molecule has 204 valence electrons. The van der Waals surface area contributed by atoms with Gasteiger partial charge >= 0.3 is 0 Å². The van der Waals surface area contributed by atoms with E-state index in [1.807, 2.05) is 19.1 Å². The van der Waals surface area contributed by atoms with Crippen molar-refractivity contribution in [3.05, 3.63) is 64.5 Å². The fourth-order valence-electron chi connectivity index (χ4n) is 5.26. The normalized spacial score (nSPS) is 17.4. The van der Waals surface area contributed by atoms with E-state index in [0.29, 0.717) is 41.6 Å². The van der Waals surface area contributed by atoms with E-state index in [0.717, 1.165) is 33.4 Å². The van der Waals surface area contributed by atoms with Crippen molar-refractivity contribution in [1.82, 2.24) is 0 Å². The molecule has 0 spiro atoms. The topological polar surface area (TPSA) is 75.6 Å². The lowest BCUT2D eigenvalue weighted by Crippen LogP contribution is -2.26. The Hall–Kier alpha value is -3.49. The summed E-state index contributed by atoms with van der Waals surface area (Å²) in [5, 5.41) is 10.4. The SMILES string of the molecule is COc1cc(C[C@H](C)O)c(-c2c3c(c(OC)c(OC)c2OC)[C@@H](c2ccc(F)cc2)O[C@@H](C)C3)cc1OC. The second-order valence-electron chi connectivity index (χ2n) is 9.37. The summed E-state index contributed by atoms with van der Waals surface area (Å²) in [6.45, 7) is 3.74. The Kier molecular flexibility index (Phi) is 8.33. The molecule has 0 amide bonds. The van der Waals surface area contributed by atoms with Crippen LogP contribution in [0, 0.1) is 5.82 Å². The number of aliphatic hydroxyl groups excluding tert-OH is 1. The second-order valence-corrected chi connectivity index (χ2v) is 9.37. The fourth-order valence-corrected chi connectivity index (χ4v) is 5.26. The van der Waals surface area contributed by atoms with Crippen molar-refractivity contribution in [2.45, 2.75) is 45.0 Å². The third-order valence-corrected chi connectivity index (χ3v) is 6.81. The van der Waals surface area contributed by atoms with Gasteiger partial charge in [0.05, 0.1) is 47.8 Å². The average molecular weight is 527 g/mol. The Balaban J connectivity index is 2.14. The van der Waals surface area contributed by atoms with Gasteiger partial charge in [-0.25, -0.2) is 4.39 Å². The van der Waals surface area contributed by atoms with Crippen LogP contribution >= 0.6 is 0 Å². The molecule has 0 bridgehead atoms. The first kappa shape index (κ1) is 27.5. The maximum absolute atomic E-state index is 13.8.